The van der Waals surface area contributed by atoms with Crippen LogP contribution in [0.25, 0.3) is 0 Å². The second-order valence-corrected chi connectivity index (χ2v) is 9.61. The smallest absolute Gasteiger partial charge is 0.308 e. The van der Waals surface area contributed by atoms with Crippen LogP contribution in [-0.4, -0.2) is 12.6 Å². The van der Waals surface area contributed by atoms with E-state index in [1.54, 1.807) is 0 Å². The van der Waals surface area contributed by atoms with Crippen LogP contribution in [0.15, 0.2) is 0 Å². The molecule has 0 heterocycles. The van der Waals surface area contributed by atoms with E-state index in [4.69, 9.17) is 4.74 Å². The Hall–Kier alpha value is -0.530. The van der Waals surface area contributed by atoms with E-state index in [9.17, 15) is 4.79 Å². The molecule has 0 aliphatic heterocycles. The molecule has 2 heteroatoms. The molecule has 0 aliphatic rings. The van der Waals surface area contributed by atoms with Crippen LogP contribution in [0.1, 0.15) is 113 Å². The summed E-state index contributed by atoms with van der Waals surface area (Å²) in [6.07, 6.45) is 13.3. The average Bonchev–Trinajstić information content (AvgIpc) is 2.54. The van der Waals surface area contributed by atoms with Crippen LogP contribution < -0.4 is 0 Å². The summed E-state index contributed by atoms with van der Waals surface area (Å²) in [5.74, 6) is 3.18. The van der Waals surface area contributed by atoms with Crippen molar-refractivity contribution in [2.24, 2.45) is 29.6 Å². The number of carbonyl (C=O) groups excluding carboxylic acids is 1. The standard InChI is InChI=1S/C24H48O2/c1-19(2)11-8-12-21(5)13-9-14-22(6)15-10-16-23(7)17-18-26-24(25)20(3)4/h19-23H,8-18H2,1-7H3. The molecule has 3 unspecified atom stereocenters. The highest BCUT2D eigenvalue weighted by Crippen LogP contribution is 2.22. The maximum absolute atomic E-state index is 11.4. The van der Waals surface area contributed by atoms with Gasteiger partial charge in [0.05, 0.1) is 12.5 Å². The first-order chi connectivity index (χ1) is 12.2. The van der Waals surface area contributed by atoms with Crippen molar-refractivity contribution in [1.29, 1.82) is 0 Å². The fourth-order valence-corrected chi connectivity index (χ4v) is 3.46. The Labute approximate surface area is 164 Å². The fourth-order valence-electron chi connectivity index (χ4n) is 3.46. The van der Waals surface area contributed by atoms with E-state index in [2.05, 4.69) is 34.6 Å². The highest BCUT2D eigenvalue weighted by Gasteiger charge is 2.10. The molecule has 0 aromatic heterocycles. The Morgan fingerprint density at radius 1 is 0.615 bits per heavy atom. The van der Waals surface area contributed by atoms with Gasteiger partial charge in [0, 0.05) is 0 Å². The fraction of sp³-hybridized carbons (Fsp3) is 0.958. The number of hydrogen-bond acceptors (Lipinski definition) is 2. The number of rotatable bonds is 16. The zero-order valence-corrected chi connectivity index (χ0v) is 19.0. The van der Waals surface area contributed by atoms with E-state index in [0.29, 0.717) is 12.5 Å². The van der Waals surface area contributed by atoms with Crippen LogP contribution in [0.5, 0.6) is 0 Å². The second kappa shape index (κ2) is 15.5. The molecular formula is C24H48O2. The molecule has 0 bridgehead atoms. The summed E-state index contributed by atoms with van der Waals surface area (Å²) in [6, 6.07) is 0. The van der Waals surface area contributed by atoms with Crippen LogP contribution >= 0.6 is 0 Å². The van der Waals surface area contributed by atoms with Gasteiger partial charge in [0.25, 0.3) is 0 Å². The third-order valence-electron chi connectivity index (χ3n) is 5.59. The molecule has 0 aromatic rings. The van der Waals surface area contributed by atoms with Crippen molar-refractivity contribution >= 4 is 5.97 Å². The van der Waals surface area contributed by atoms with Gasteiger partial charge in [-0.05, 0) is 30.1 Å². The summed E-state index contributed by atoms with van der Waals surface area (Å²) >= 11 is 0. The largest absolute Gasteiger partial charge is 0.465 e. The summed E-state index contributed by atoms with van der Waals surface area (Å²) < 4.78 is 5.28. The lowest BCUT2D eigenvalue weighted by Crippen LogP contribution is -2.14. The van der Waals surface area contributed by atoms with E-state index >= 15 is 0 Å². The van der Waals surface area contributed by atoms with E-state index in [1.165, 1.54) is 57.8 Å². The van der Waals surface area contributed by atoms with E-state index in [0.717, 1.165) is 24.2 Å². The molecule has 0 aliphatic carbocycles. The SMILES string of the molecule is CC(C)CCCC(C)CCCC(C)CCCC(C)CCOC(=O)C(C)C. The Morgan fingerprint density at radius 2 is 1.00 bits per heavy atom. The van der Waals surface area contributed by atoms with Crippen LogP contribution in [-0.2, 0) is 9.53 Å². The molecular weight excluding hydrogens is 320 g/mol. The number of esters is 1. The first-order valence-electron chi connectivity index (χ1n) is 11.4. The predicted molar refractivity (Wildman–Crippen MR) is 114 cm³/mol. The third-order valence-corrected chi connectivity index (χ3v) is 5.59. The minimum absolute atomic E-state index is 0.0101. The van der Waals surface area contributed by atoms with Crippen molar-refractivity contribution in [2.45, 2.75) is 113 Å². The Morgan fingerprint density at radius 3 is 1.38 bits per heavy atom. The lowest BCUT2D eigenvalue weighted by molar-refractivity contribution is -0.147. The van der Waals surface area contributed by atoms with Crippen LogP contribution in [0.3, 0.4) is 0 Å². The summed E-state index contributed by atoms with van der Waals surface area (Å²) in [6.45, 7) is 16.1. The molecule has 0 fully saturated rings. The van der Waals surface area contributed by atoms with Crippen molar-refractivity contribution in [3.05, 3.63) is 0 Å². The topological polar surface area (TPSA) is 26.3 Å². The van der Waals surface area contributed by atoms with Gasteiger partial charge in [-0.25, -0.2) is 0 Å². The summed E-state index contributed by atoms with van der Waals surface area (Å²) in [4.78, 5) is 11.4. The summed E-state index contributed by atoms with van der Waals surface area (Å²) in [7, 11) is 0. The van der Waals surface area contributed by atoms with Crippen molar-refractivity contribution in [3.63, 3.8) is 0 Å². The highest BCUT2D eigenvalue weighted by molar-refractivity contribution is 5.71. The van der Waals surface area contributed by atoms with Gasteiger partial charge in [-0.1, -0.05) is 106 Å². The normalized spacial score (nSPS) is 15.3. The Kier molecular flexibility index (Phi) is 15.2. The van der Waals surface area contributed by atoms with Gasteiger partial charge in [0.1, 0.15) is 0 Å². The van der Waals surface area contributed by atoms with Crippen molar-refractivity contribution in [3.8, 4) is 0 Å². The molecule has 156 valence electrons. The molecule has 26 heavy (non-hydrogen) atoms. The minimum Gasteiger partial charge on any atom is -0.465 e. The van der Waals surface area contributed by atoms with Crippen molar-refractivity contribution < 1.29 is 9.53 Å². The summed E-state index contributed by atoms with van der Waals surface area (Å²) in [5, 5.41) is 0. The zero-order valence-electron chi connectivity index (χ0n) is 19.0. The Balaban J connectivity index is 3.58. The predicted octanol–water partition coefficient (Wildman–Crippen LogP) is 7.65. The van der Waals surface area contributed by atoms with Crippen LogP contribution in [0, 0.1) is 29.6 Å². The van der Waals surface area contributed by atoms with Gasteiger partial charge in [0.2, 0.25) is 0 Å². The third kappa shape index (κ3) is 15.7. The minimum atomic E-state index is -0.0655. The molecule has 0 spiro atoms. The van der Waals surface area contributed by atoms with Gasteiger partial charge < -0.3 is 4.74 Å². The average molecular weight is 369 g/mol. The molecule has 0 radical (unpaired) electrons. The van der Waals surface area contributed by atoms with E-state index in [-0.39, 0.29) is 11.9 Å². The molecule has 0 amide bonds. The molecule has 3 atom stereocenters. The quantitative estimate of drug-likeness (QED) is 0.261. The van der Waals surface area contributed by atoms with Crippen LogP contribution in [0.4, 0.5) is 0 Å². The molecule has 0 saturated carbocycles. The first kappa shape index (κ1) is 25.5. The maximum atomic E-state index is 11.4. The van der Waals surface area contributed by atoms with E-state index in [1.807, 2.05) is 13.8 Å². The molecule has 0 N–H and O–H groups in total. The number of hydrogen-bond donors (Lipinski definition) is 0. The monoisotopic (exact) mass is 368 g/mol. The highest BCUT2D eigenvalue weighted by atomic mass is 16.5. The first-order valence-corrected chi connectivity index (χ1v) is 11.4. The van der Waals surface area contributed by atoms with Crippen molar-refractivity contribution in [2.75, 3.05) is 6.61 Å². The molecule has 0 aromatic carbocycles. The lowest BCUT2D eigenvalue weighted by Gasteiger charge is -2.16. The molecule has 0 rings (SSSR count). The van der Waals surface area contributed by atoms with Gasteiger partial charge in [-0.3, -0.25) is 4.79 Å². The maximum Gasteiger partial charge on any atom is 0.308 e. The summed E-state index contributed by atoms with van der Waals surface area (Å²) in [5.41, 5.74) is 0. The molecule has 2 nitrogen and oxygen atoms in total. The van der Waals surface area contributed by atoms with Gasteiger partial charge >= 0.3 is 5.97 Å². The number of ether oxygens (including phenoxy) is 1. The van der Waals surface area contributed by atoms with Gasteiger partial charge in [-0.2, -0.15) is 0 Å². The van der Waals surface area contributed by atoms with Crippen molar-refractivity contribution in [1.82, 2.24) is 0 Å². The second-order valence-electron chi connectivity index (χ2n) is 9.61. The van der Waals surface area contributed by atoms with Gasteiger partial charge in [0.15, 0.2) is 0 Å². The molecule has 0 saturated heterocycles. The van der Waals surface area contributed by atoms with Crippen LogP contribution in [0.2, 0.25) is 0 Å². The zero-order chi connectivity index (χ0) is 19.9. The van der Waals surface area contributed by atoms with E-state index < -0.39 is 0 Å². The number of carbonyl (C=O) groups is 1. The lowest BCUT2D eigenvalue weighted by atomic mass is 9.91. The van der Waals surface area contributed by atoms with Gasteiger partial charge in [-0.15, -0.1) is 0 Å². The Bertz CT molecular complexity index is 335.